The summed E-state index contributed by atoms with van der Waals surface area (Å²) in [5.74, 6) is -0.101. The number of benzene rings is 2. The molecule has 0 aliphatic heterocycles. The van der Waals surface area contributed by atoms with Gasteiger partial charge in [0.15, 0.2) is 0 Å². The second-order valence-corrected chi connectivity index (χ2v) is 8.51. The van der Waals surface area contributed by atoms with Crippen LogP contribution in [0.3, 0.4) is 0 Å². The van der Waals surface area contributed by atoms with Crippen molar-refractivity contribution in [3.05, 3.63) is 69.7 Å². The SMILES string of the molecule is Cc1ccccc1CS(=O)(=O)NCC(C)(O)c1ccc(Br)cc1. The Labute approximate surface area is 145 Å². The monoisotopic (exact) mass is 397 g/mol. The van der Waals surface area contributed by atoms with Gasteiger partial charge < -0.3 is 5.11 Å². The van der Waals surface area contributed by atoms with Crippen molar-refractivity contribution in [3.8, 4) is 0 Å². The number of hydrogen-bond acceptors (Lipinski definition) is 3. The number of halogens is 1. The van der Waals surface area contributed by atoms with Crippen LogP contribution in [0.1, 0.15) is 23.6 Å². The molecular formula is C17H20BrNO3S. The molecule has 1 atom stereocenters. The van der Waals surface area contributed by atoms with Crippen LogP contribution in [0.15, 0.2) is 53.0 Å². The van der Waals surface area contributed by atoms with E-state index in [1.54, 1.807) is 25.1 Å². The van der Waals surface area contributed by atoms with E-state index < -0.39 is 15.6 Å². The van der Waals surface area contributed by atoms with E-state index in [1.807, 2.05) is 37.3 Å². The summed E-state index contributed by atoms with van der Waals surface area (Å²) in [6, 6.07) is 14.5. The van der Waals surface area contributed by atoms with E-state index in [0.29, 0.717) is 5.56 Å². The van der Waals surface area contributed by atoms with Gasteiger partial charge in [-0.25, -0.2) is 13.1 Å². The Hall–Kier alpha value is -1.21. The predicted octanol–water partition coefficient (Wildman–Crippen LogP) is 3.08. The van der Waals surface area contributed by atoms with Crippen molar-refractivity contribution in [2.75, 3.05) is 6.54 Å². The number of hydrogen-bond donors (Lipinski definition) is 2. The van der Waals surface area contributed by atoms with Crippen molar-refractivity contribution in [3.63, 3.8) is 0 Å². The van der Waals surface area contributed by atoms with Gasteiger partial charge in [0.2, 0.25) is 10.0 Å². The zero-order valence-corrected chi connectivity index (χ0v) is 15.5. The van der Waals surface area contributed by atoms with Crippen LogP contribution in [-0.4, -0.2) is 20.1 Å². The fraction of sp³-hybridized carbons (Fsp3) is 0.294. The number of aliphatic hydroxyl groups is 1. The molecule has 0 heterocycles. The molecule has 0 fully saturated rings. The largest absolute Gasteiger partial charge is 0.384 e. The zero-order chi connectivity index (χ0) is 17.1. The van der Waals surface area contributed by atoms with E-state index in [0.717, 1.165) is 15.6 Å². The quantitative estimate of drug-likeness (QED) is 0.786. The number of nitrogens with one attached hydrogen (secondary N) is 1. The fourth-order valence-corrected chi connectivity index (χ4v) is 3.79. The van der Waals surface area contributed by atoms with Gasteiger partial charge in [-0.2, -0.15) is 0 Å². The van der Waals surface area contributed by atoms with Crippen LogP contribution in [0.4, 0.5) is 0 Å². The minimum Gasteiger partial charge on any atom is -0.384 e. The van der Waals surface area contributed by atoms with Gasteiger partial charge >= 0.3 is 0 Å². The summed E-state index contributed by atoms with van der Waals surface area (Å²) in [4.78, 5) is 0. The maximum Gasteiger partial charge on any atom is 0.215 e. The summed E-state index contributed by atoms with van der Waals surface area (Å²) in [6.07, 6.45) is 0. The van der Waals surface area contributed by atoms with Crippen molar-refractivity contribution >= 4 is 26.0 Å². The van der Waals surface area contributed by atoms with E-state index in [4.69, 9.17) is 0 Å². The van der Waals surface area contributed by atoms with Gasteiger partial charge in [-0.15, -0.1) is 0 Å². The molecule has 6 heteroatoms. The lowest BCUT2D eigenvalue weighted by atomic mass is 9.97. The van der Waals surface area contributed by atoms with E-state index in [-0.39, 0.29) is 12.3 Å². The first-order valence-corrected chi connectivity index (χ1v) is 9.64. The molecule has 0 radical (unpaired) electrons. The van der Waals surface area contributed by atoms with Crippen LogP contribution in [0.5, 0.6) is 0 Å². The molecule has 2 aromatic rings. The van der Waals surface area contributed by atoms with Crippen LogP contribution in [0.25, 0.3) is 0 Å². The Bertz CT molecular complexity index is 771. The molecule has 0 saturated heterocycles. The molecule has 0 spiro atoms. The first-order valence-electron chi connectivity index (χ1n) is 7.20. The smallest absolute Gasteiger partial charge is 0.215 e. The van der Waals surface area contributed by atoms with Gasteiger partial charge in [-0.05, 0) is 42.7 Å². The number of rotatable bonds is 6. The van der Waals surface area contributed by atoms with Crippen molar-refractivity contribution in [2.24, 2.45) is 0 Å². The van der Waals surface area contributed by atoms with E-state index in [1.165, 1.54) is 0 Å². The highest BCUT2D eigenvalue weighted by Crippen LogP contribution is 2.22. The first kappa shape index (κ1) is 18.1. The lowest BCUT2D eigenvalue weighted by Gasteiger charge is -2.24. The van der Waals surface area contributed by atoms with E-state index in [9.17, 15) is 13.5 Å². The molecule has 2 rings (SSSR count). The summed E-state index contributed by atoms with van der Waals surface area (Å²) in [6.45, 7) is 3.39. The van der Waals surface area contributed by atoms with Gasteiger partial charge in [0.25, 0.3) is 0 Å². The van der Waals surface area contributed by atoms with Crippen LogP contribution in [-0.2, 0) is 21.4 Å². The molecule has 0 aromatic heterocycles. The summed E-state index contributed by atoms with van der Waals surface area (Å²) < 4.78 is 27.9. The molecule has 0 aliphatic carbocycles. The van der Waals surface area contributed by atoms with Gasteiger partial charge in [0.05, 0.1) is 5.75 Å². The second kappa shape index (κ2) is 7.13. The molecule has 23 heavy (non-hydrogen) atoms. The van der Waals surface area contributed by atoms with Crippen molar-refractivity contribution in [1.29, 1.82) is 0 Å². The predicted molar refractivity (Wildman–Crippen MR) is 95.5 cm³/mol. The molecule has 4 nitrogen and oxygen atoms in total. The Kier molecular flexibility index (Phi) is 5.62. The average Bonchev–Trinajstić information content (AvgIpc) is 2.48. The van der Waals surface area contributed by atoms with Crippen LogP contribution < -0.4 is 4.72 Å². The topological polar surface area (TPSA) is 66.4 Å². The Morgan fingerprint density at radius 2 is 1.74 bits per heavy atom. The molecule has 0 aliphatic rings. The van der Waals surface area contributed by atoms with Crippen molar-refractivity contribution in [2.45, 2.75) is 25.2 Å². The molecule has 2 aromatic carbocycles. The number of sulfonamides is 1. The van der Waals surface area contributed by atoms with Crippen LogP contribution >= 0.6 is 15.9 Å². The van der Waals surface area contributed by atoms with Crippen molar-refractivity contribution < 1.29 is 13.5 Å². The third kappa shape index (κ3) is 5.14. The lowest BCUT2D eigenvalue weighted by Crippen LogP contribution is -2.39. The standard InChI is InChI=1S/C17H20BrNO3S/c1-13-5-3-4-6-14(13)11-23(21,22)19-12-17(2,20)15-7-9-16(18)10-8-15/h3-10,19-20H,11-12H2,1-2H3. The summed E-state index contributed by atoms with van der Waals surface area (Å²) in [7, 11) is -3.53. The fourth-order valence-electron chi connectivity index (χ4n) is 2.19. The minimum absolute atomic E-state index is 0.0805. The van der Waals surface area contributed by atoms with Crippen LogP contribution in [0.2, 0.25) is 0 Å². The zero-order valence-electron chi connectivity index (χ0n) is 13.1. The molecular weight excluding hydrogens is 378 g/mol. The van der Waals surface area contributed by atoms with E-state index in [2.05, 4.69) is 20.7 Å². The summed E-state index contributed by atoms with van der Waals surface area (Å²) in [5.41, 5.74) is 1.06. The molecule has 1 unspecified atom stereocenters. The Morgan fingerprint density at radius 1 is 1.13 bits per heavy atom. The second-order valence-electron chi connectivity index (χ2n) is 5.79. The summed E-state index contributed by atoms with van der Waals surface area (Å²) >= 11 is 3.33. The molecule has 2 N–H and O–H groups in total. The molecule has 0 saturated carbocycles. The third-order valence-corrected chi connectivity index (χ3v) is 5.51. The van der Waals surface area contributed by atoms with Crippen molar-refractivity contribution in [1.82, 2.24) is 4.72 Å². The van der Waals surface area contributed by atoms with Gasteiger partial charge in [0.1, 0.15) is 5.60 Å². The third-order valence-electron chi connectivity index (χ3n) is 3.71. The maximum absolute atomic E-state index is 12.3. The van der Waals surface area contributed by atoms with Crippen LogP contribution in [0, 0.1) is 6.92 Å². The highest BCUT2D eigenvalue weighted by molar-refractivity contribution is 9.10. The first-order chi connectivity index (χ1) is 10.7. The normalized spacial score (nSPS) is 14.4. The van der Waals surface area contributed by atoms with Gasteiger partial charge in [-0.1, -0.05) is 52.3 Å². The highest BCUT2D eigenvalue weighted by Gasteiger charge is 2.25. The maximum atomic E-state index is 12.3. The number of aryl methyl sites for hydroxylation is 1. The minimum atomic E-state index is -3.53. The Morgan fingerprint density at radius 3 is 2.35 bits per heavy atom. The van der Waals surface area contributed by atoms with Gasteiger partial charge in [0, 0.05) is 11.0 Å². The Balaban J connectivity index is 2.06. The molecule has 0 amide bonds. The highest BCUT2D eigenvalue weighted by atomic mass is 79.9. The van der Waals surface area contributed by atoms with E-state index >= 15 is 0 Å². The summed E-state index contributed by atoms with van der Waals surface area (Å²) in [5, 5.41) is 10.5. The van der Waals surface area contributed by atoms with Gasteiger partial charge in [-0.3, -0.25) is 0 Å². The molecule has 0 bridgehead atoms. The molecule has 124 valence electrons. The average molecular weight is 398 g/mol. The lowest BCUT2D eigenvalue weighted by molar-refractivity contribution is 0.0627.